The van der Waals surface area contributed by atoms with Crippen LogP contribution in [0.2, 0.25) is 0 Å². The first-order valence-electron chi connectivity index (χ1n) is 10.2. The van der Waals surface area contributed by atoms with E-state index in [1.54, 1.807) is 0 Å². The zero-order chi connectivity index (χ0) is 20.4. The van der Waals surface area contributed by atoms with Crippen LogP contribution in [0.15, 0.2) is 4.79 Å². The Morgan fingerprint density at radius 3 is 2.15 bits per heavy atom. The van der Waals surface area contributed by atoms with E-state index in [-0.39, 0.29) is 22.8 Å². The third-order valence-corrected chi connectivity index (χ3v) is 5.81. The van der Waals surface area contributed by atoms with Gasteiger partial charge >= 0.3 is 0 Å². The molecule has 1 aliphatic rings. The lowest BCUT2D eigenvalue weighted by Crippen LogP contribution is -2.39. The Balaban J connectivity index is 2.05. The second kappa shape index (κ2) is 8.11. The van der Waals surface area contributed by atoms with Gasteiger partial charge < -0.3 is 10.3 Å². The van der Waals surface area contributed by atoms with Crippen LogP contribution in [0.4, 0.5) is 0 Å². The van der Waals surface area contributed by atoms with Gasteiger partial charge in [0.25, 0.3) is 5.56 Å². The fourth-order valence-electron chi connectivity index (χ4n) is 3.79. The number of rotatable bonds is 4. The van der Waals surface area contributed by atoms with E-state index in [0.29, 0.717) is 29.3 Å². The van der Waals surface area contributed by atoms with Crippen molar-refractivity contribution in [1.82, 2.24) is 20.5 Å². The first kappa shape index (κ1) is 21.6. The largest absolute Gasteiger partial charge is 0.347 e. The molecule has 27 heavy (non-hydrogen) atoms. The minimum atomic E-state index is -0.400. The normalized spacial score (nSPS) is 22.3. The van der Waals surface area contributed by atoms with Gasteiger partial charge in [0.15, 0.2) is 5.69 Å². The van der Waals surface area contributed by atoms with Crippen molar-refractivity contribution in [3.05, 3.63) is 21.9 Å². The summed E-state index contributed by atoms with van der Waals surface area (Å²) in [6.07, 6.45) is 4.60. The third kappa shape index (κ3) is 5.39. The monoisotopic (exact) mass is 376 g/mol. The molecule has 0 bridgehead atoms. The molecule has 6 nitrogen and oxygen atoms in total. The standard InChI is InChI=1S/C21H36N4O2/c1-8-15(16-18(27)23-19(25-24-16)21(5,6)7)22-17(26)13-9-11-14(12-10-13)20(2,3)4/h13-15H,8-12H2,1-7H3,(H,22,26)(H,23,25,27). The van der Waals surface area contributed by atoms with E-state index in [1.807, 2.05) is 27.7 Å². The molecule has 1 heterocycles. The Kier molecular flexibility index (Phi) is 6.48. The topological polar surface area (TPSA) is 87.7 Å². The second-order valence-electron chi connectivity index (χ2n) is 10.0. The molecule has 1 aliphatic carbocycles. The van der Waals surface area contributed by atoms with Gasteiger partial charge in [-0.15, -0.1) is 10.2 Å². The third-order valence-electron chi connectivity index (χ3n) is 5.81. The van der Waals surface area contributed by atoms with Gasteiger partial charge in [-0.3, -0.25) is 9.59 Å². The summed E-state index contributed by atoms with van der Waals surface area (Å²) in [4.78, 5) is 28.1. The maximum absolute atomic E-state index is 12.8. The van der Waals surface area contributed by atoms with E-state index in [4.69, 9.17) is 0 Å². The Bertz CT molecular complexity index is 704. The van der Waals surface area contributed by atoms with Crippen LogP contribution < -0.4 is 10.9 Å². The summed E-state index contributed by atoms with van der Waals surface area (Å²) < 4.78 is 0. The molecule has 1 fully saturated rings. The maximum Gasteiger partial charge on any atom is 0.275 e. The van der Waals surface area contributed by atoms with Crippen LogP contribution in [0, 0.1) is 17.3 Å². The average molecular weight is 377 g/mol. The van der Waals surface area contributed by atoms with Crippen molar-refractivity contribution in [2.45, 2.75) is 92.0 Å². The lowest BCUT2D eigenvalue weighted by molar-refractivity contribution is -0.127. The SMILES string of the molecule is CCC(NC(=O)C1CCC(C(C)(C)C)CC1)c1nnc(C(C)(C)C)[nH]c1=O. The van der Waals surface area contributed by atoms with Gasteiger partial charge in [-0.05, 0) is 43.4 Å². The molecule has 0 radical (unpaired) electrons. The van der Waals surface area contributed by atoms with Gasteiger partial charge in [0.1, 0.15) is 5.82 Å². The minimum absolute atomic E-state index is 0.0264. The number of carbonyl (C=O) groups excluding carboxylic acids is 1. The molecule has 0 spiro atoms. The molecule has 1 atom stereocenters. The smallest absolute Gasteiger partial charge is 0.275 e. The van der Waals surface area contributed by atoms with Gasteiger partial charge in [-0.1, -0.05) is 48.5 Å². The number of nitrogens with one attached hydrogen (secondary N) is 2. The van der Waals surface area contributed by atoms with Crippen molar-refractivity contribution in [3.8, 4) is 0 Å². The van der Waals surface area contributed by atoms with E-state index in [1.165, 1.54) is 0 Å². The molecule has 1 amide bonds. The van der Waals surface area contributed by atoms with Gasteiger partial charge in [-0.2, -0.15) is 0 Å². The Hall–Kier alpha value is -1.72. The van der Waals surface area contributed by atoms with Gasteiger partial charge in [0.2, 0.25) is 5.91 Å². The van der Waals surface area contributed by atoms with Gasteiger partial charge in [-0.25, -0.2) is 0 Å². The number of aromatic amines is 1. The number of aromatic nitrogens is 3. The second-order valence-corrected chi connectivity index (χ2v) is 10.0. The average Bonchev–Trinajstić information content (AvgIpc) is 2.58. The lowest BCUT2D eigenvalue weighted by atomic mass is 9.69. The van der Waals surface area contributed by atoms with E-state index in [0.717, 1.165) is 25.7 Å². The molecule has 0 saturated heterocycles. The summed E-state index contributed by atoms with van der Waals surface area (Å²) in [6.45, 7) is 14.7. The quantitative estimate of drug-likeness (QED) is 0.834. The molecule has 2 N–H and O–H groups in total. The van der Waals surface area contributed by atoms with Crippen LogP contribution in [-0.4, -0.2) is 21.1 Å². The predicted octanol–water partition coefficient (Wildman–Crippen LogP) is 3.88. The first-order chi connectivity index (χ1) is 12.4. The van der Waals surface area contributed by atoms with Crippen molar-refractivity contribution in [2.24, 2.45) is 17.3 Å². The molecule has 1 saturated carbocycles. The molecule has 1 aromatic rings. The molecule has 6 heteroatoms. The molecule has 1 unspecified atom stereocenters. The first-order valence-corrected chi connectivity index (χ1v) is 10.2. The lowest BCUT2D eigenvalue weighted by Gasteiger charge is -2.36. The maximum atomic E-state index is 12.8. The van der Waals surface area contributed by atoms with Crippen molar-refractivity contribution < 1.29 is 4.79 Å². The summed E-state index contributed by atoms with van der Waals surface area (Å²) >= 11 is 0. The van der Waals surface area contributed by atoms with Crippen molar-refractivity contribution in [3.63, 3.8) is 0 Å². The Labute approximate surface area is 162 Å². The highest BCUT2D eigenvalue weighted by molar-refractivity contribution is 5.79. The number of hydrogen-bond donors (Lipinski definition) is 2. The molecular formula is C21H36N4O2. The van der Waals surface area contributed by atoms with E-state index >= 15 is 0 Å². The van der Waals surface area contributed by atoms with Crippen molar-refractivity contribution in [1.29, 1.82) is 0 Å². The highest BCUT2D eigenvalue weighted by atomic mass is 16.2. The summed E-state index contributed by atoms with van der Waals surface area (Å²) in [5.74, 6) is 1.29. The van der Waals surface area contributed by atoms with Crippen molar-refractivity contribution >= 4 is 5.91 Å². The molecule has 2 rings (SSSR count). The zero-order valence-corrected chi connectivity index (χ0v) is 18.0. The van der Waals surface area contributed by atoms with Crippen LogP contribution in [0.5, 0.6) is 0 Å². The number of amides is 1. The fourth-order valence-corrected chi connectivity index (χ4v) is 3.79. The number of nitrogens with zero attached hydrogens (tertiary/aromatic N) is 2. The highest BCUT2D eigenvalue weighted by Gasteiger charge is 2.33. The Morgan fingerprint density at radius 1 is 1.11 bits per heavy atom. The van der Waals surface area contributed by atoms with Crippen LogP contribution in [-0.2, 0) is 10.2 Å². The summed E-state index contributed by atoms with van der Waals surface area (Å²) in [7, 11) is 0. The van der Waals surface area contributed by atoms with E-state index in [2.05, 4.69) is 41.3 Å². The predicted molar refractivity (Wildman–Crippen MR) is 107 cm³/mol. The van der Waals surface area contributed by atoms with E-state index in [9.17, 15) is 9.59 Å². The Morgan fingerprint density at radius 2 is 1.70 bits per heavy atom. The molecule has 0 aliphatic heterocycles. The minimum Gasteiger partial charge on any atom is -0.347 e. The number of H-pyrrole nitrogens is 1. The molecule has 0 aromatic carbocycles. The van der Waals surface area contributed by atoms with Crippen LogP contribution in [0.1, 0.15) is 98.1 Å². The summed E-state index contributed by atoms with van der Waals surface area (Å²) in [5, 5.41) is 11.4. The number of hydrogen-bond acceptors (Lipinski definition) is 4. The van der Waals surface area contributed by atoms with Gasteiger partial charge in [0, 0.05) is 11.3 Å². The van der Waals surface area contributed by atoms with Crippen LogP contribution in [0.3, 0.4) is 0 Å². The molecular weight excluding hydrogens is 340 g/mol. The van der Waals surface area contributed by atoms with E-state index < -0.39 is 6.04 Å². The fraction of sp³-hybridized carbons (Fsp3) is 0.810. The number of carbonyl (C=O) groups is 1. The summed E-state index contributed by atoms with van der Waals surface area (Å²) in [6, 6.07) is -0.400. The van der Waals surface area contributed by atoms with Gasteiger partial charge in [0.05, 0.1) is 6.04 Å². The zero-order valence-electron chi connectivity index (χ0n) is 18.0. The van der Waals surface area contributed by atoms with Crippen LogP contribution in [0.25, 0.3) is 0 Å². The van der Waals surface area contributed by atoms with Crippen molar-refractivity contribution in [2.75, 3.05) is 0 Å². The molecule has 152 valence electrons. The summed E-state index contributed by atoms with van der Waals surface area (Å²) in [5.41, 5.74) is 0.0487. The highest BCUT2D eigenvalue weighted by Crippen LogP contribution is 2.40. The van der Waals surface area contributed by atoms with Crippen LogP contribution >= 0.6 is 0 Å². The molecule has 1 aromatic heterocycles.